The first-order chi connectivity index (χ1) is 9.75. The Kier molecular flexibility index (Phi) is 6.64. The molecule has 0 fully saturated rings. The highest BCUT2D eigenvalue weighted by molar-refractivity contribution is 7.89. The van der Waals surface area contributed by atoms with Crippen molar-refractivity contribution in [3.8, 4) is 5.75 Å². The van der Waals surface area contributed by atoms with Crippen LogP contribution in [0.15, 0.2) is 23.1 Å². The number of hydrogen-bond acceptors (Lipinski definition) is 4. The van der Waals surface area contributed by atoms with Crippen molar-refractivity contribution in [1.82, 2.24) is 4.90 Å². The summed E-state index contributed by atoms with van der Waals surface area (Å²) in [5.74, 6) is 0.964. The maximum Gasteiger partial charge on any atom is 0.238 e. The van der Waals surface area contributed by atoms with Crippen molar-refractivity contribution >= 4 is 10.0 Å². The third-order valence-electron chi connectivity index (χ3n) is 3.46. The van der Waals surface area contributed by atoms with Gasteiger partial charge in [0.15, 0.2) is 0 Å². The van der Waals surface area contributed by atoms with Crippen LogP contribution in [0.3, 0.4) is 0 Å². The summed E-state index contributed by atoms with van der Waals surface area (Å²) in [4.78, 5) is 2.24. The van der Waals surface area contributed by atoms with Gasteiger partial charge in [-0.3, -0.25) is 0 Å². The Hall–Kier alpha value is -1.11. The predicted molar refractivity (Wildman–Crippen MR) is 85.2 cm³/mol. The van der Waals surface area contributed by atoms with Crippen LogP contribution in [0.2, 0.25) is 0 Å². The van der Waals surface area contributed by atoms with Crippen LogP contribution in [-0.4, -0.2) is 40.6 Å². The van der Waals surface area contributed by atoms with Gasteiger partial charge in [0.25, 0.3) is 0 Å². The molecule has 0 aromatic heterocycles. The van der Waals surface area contributed by atoms with Crippen LogP contribution in [-0.2, 0) is 10.0 Å². The Morgan fingerprint density at radius 2 is 2.00 bits per heavy atom. The fraction of sp³-hybridized carbons (Fsp3) is 0.600. The number of hydrogen-bond donors (Lipinski definition) is 1. The van der Waals surface area contributed by atoms with Crippen molar-refractivity contribution in [1.29, 1.82) is 0 Å². The van der Waals surface area contributed by atoms with Gasteiger partial charge in [-0.1, -0.05) is 13.8 Å². The molecule has 1 unspecified atom stereocenters. The molecule has 0 radical (unpaired) electrons. The smallest absolute Gasteiger partial charge is 0.238 e. The zero-order valence-electron chi connectivity index (χ0n) is 13.3. The first-order valence-corrected chi connectivity index (χ1v) is 8.74. The molecule has 0 amide bonds. The average molecular weight is 314 g/mol. The SMILES string of the molecule is CCC(C)c1cc(S(N)(=O)=O)ccc1OCCCN(C)C. The maximum atomic E-state index is 11.5. The molecule has 5 nitrogen and oxygen atoms in total. The molecule has 2 N–H and O–H groups in total. The van der Waals surface area contributed by atoms with Crippen molar-refractivity contribution in [2.45, 2.75) is 37.5 Å². The average Bonchev–Trinajstić information content (AvgIpc) is 2.41. The van der Waals surface area contributed by atoms with Crippen LogP contribution in [0.1, 0.15) is 38.2 Å². The zero-order valence-corrected chi connectivity index (χ0v) is 14.1. The molecule has 6 heteroatoms. The molecule has 0 saturated heterocycles. The molecule has 1 rings (SSSR count). The van der Waals surface area contributed by atoms with E-state index in [0.717, 1.165) is 30.7 Å². The van der Waals surface area contributed by atoms with E-state index in [4.69, 9.17) is 9.88 Å². The lowest BCUT2D eigenvalue weighted by Crippen LogP contribution is -2.16. The van der Waals surface area contributed by atoms with Crippen molar-refractivity contribution in [2.75, 3.05) is 27.2 Å². The maximum absolute atomic E-state index is 11.5. The lowest BCUT2D eigenvalue weighted by atomic mass is 9.98. The van der Waals surface area contributed by atoms with Gasteiger partial charge in [-0.05, 0) is 56.6 Å². The van der Waals surface area contributed by atoms with Crippen molar-refractivity contribution < 1.29 is 13.2 Å². The minimum Gasteiger partial charge on any atom is -0.493 e. The van der Waals surface area contributed by atoms with E-state index < -0.39 is 10.0 Å². The molecule has 0 aliphatic carbocycles. The molecule has 120 valence electrons. The number of sulfonamides is 1. The van der Waals surface area contributed by atoms with Gasteiger partial charge in [-0.2, -0.15) is 0 Å². The number of primary sulfonamides is 1. The Morgan fingerprint density at radius 1 is 1.33 bits per heavy atom. The normalized spacial score (nSPS) is 13.4. The summed E-state index contributed by atoms with van der Waals surface area (Å²) in [5, 5.41) is 5.20. The van der Waals surface area contributed by atoms with E-state index in [-0.39, 0.29) is 10.8 Å². The largest absolute Gasteiger partial charge is 0.493 e. The van der Waals surface area contributed by atoms with Gasteiger partial charge in [0.1, 0.15) is 5.75 Å². The summed E-state index contributed by atoms with van der Waals surface area (Å²) in [6, 6.07) is 4.84. The molecule has 0 saturated carbocycles. The summed E-state index contributed by atoms with van der Waals surface area (Å²) < 4.78 is 28.8. The molecule has 0 aliphatic rings. The number of nitrogens with zero attached hydrogens (tertiary/aromatic N) is 1. The van der Waals surface area contributed by atoms with Gasteiger partial charge >= 0.3 is 0 Å². The van der Waals surface area contributed by atoms with E-state index in [2.05, 4.69) is 18.7 Å². The zero-order chi connectivity index (χ0) is 16.0. The molecule has 0 bridgehead atoms. The highest BCUT2D eigenvalue weighted by atomic mass is 32.2. The minimum atomic E-state index is -3.68. The van der Waals surface area contributed by atoms with Crippen LogP contribution in [0, 0.1) is 0 Å². The summed E-state index contributed by atoms with van der Waals surface area (Å²) in [5.41, 5.74) is 0.897. The molecular weight excluding hydrogens is 288 g/mol. The van der Waals surface area contributed by atoms with Gasteiger partial charge in [0.05, 0.1) is 11.5 Å². The van der Waals surface area contributed by atoms with E-state index in [1.165, 1.54) is 6.07 Å². The number of rotatable bonds is 8. The van der Waals surface area contributed by atoms with Crippen LogP contribution < -0.4 is 9.88 Å². The van der Waals surface area contributed by atoms with Gasteiger partial charge in [0, 0.05) is 6.54 Å². The van der Waals surface area contributed by atoms with Crippen LogP contribution in [0.25, 0.3) is 0 Å². The van der Waals surface area contributed by atoms with Crippen LogP contribution >= 0.6 is 0 Å². The second kappa shape index (κ2) is 7.77. The molecule has 1 atom stereocenters. The Bertz CT molecular complexity index is 556. The van der Waals surface area contributed by atoms with Crippen molar-refractivity contribution in [3.63, 3.8) is 0 Å². The molecule has 1 aromatic carbocycles. The molecule has 0 spiro atoms. The molecule has 0 aliphatic heterocycles. The highest BCUT2D eigenvalue weighted by Gasteiger charge is 2.16. The minimum absolute atomic E-state index is 0.137. The van der Waals surface area contributed by atoms with E-state index >= 15 is 0 Å². The number of benzene rings is 1. The topological polar surface area (TPSA) is 72.6 Å². The quantitative estimate of drug-likeness (QED) is 0.746. The van der Waals surface area contributed by atoms with Crippen molar-refractivity contribution in [2.24, 2.45) is 5.14 Å². The number of ether oxygens (including phenoxy) is 1. The lowest BCUT2D eigenvalue weighted by Gasteiger charge is -2.17. The molecule has 21 heavy (non-hydrogen) atoms. The van der Waals surface area contributed by atoms with E-state index in [0.29, 0.717) is 6.61 Å². The Balaban J connectivity index is 2.92. The molecular formula is C15H26N2O3S. The predicted octanol–water partition coefficient (Wildman–Crippen LogP) is 2.18. The summed E-state index contributed by atoms with van der Waals surface area (Å²) >= 11 is 0. The van der Waals surface area contributed by atoms with Gasteiger partial charge in [-0.25, -0.2) is 13.6 Å². The molecule has 0 heterocycles. The summed E-state index contributed by atoms with van der Waals surface area (Å²) in [6.45, 7) is 5.67. The van der Waals surface area contributed by atoms with Gasteiger partial charge < -0.3 is 9.64 Å². The second-order valence-corrected chi connectivity index (χ2v) is 7.12. The van der Waals surface area contributed by atoms with Crippen LogP contribution in [0.5, 0.6) is 5.75 Å². The summed E-state index contributed by atoms with van der Waals surface area (Å²) in [6.07, 6.45) is 1.83. The van der Waals surface area contributed by atoms with Crippen molar-refractivity contribution in [3.05, 3.63) is 23.8 Å². The second-order valence-electron chi connectivity index (χ2n) is 5.56. The Labute approximate surface area is 128 Å². The molecule has 1 aromatic rings. The van der Waals surface area contributed by atoms with Gasteiger partial charge in [-0.15, -0.1) is 0 Å². The van der Waals surface area contributed by atoms with E-state index in [1.807, 2.05) is 14.1 Å². The van der Waals surface area contributed by atoms with Gasteiger partial charge in [0.2, 0.25) is 10.0 Å². The monoisotopic (exact) mass is 314 g/mol. The number of nitrogens with two attached hydrogens (primary N) is 1. The first kappa shape index (κ1) is 17.9. The first-order valence-electron chi connectivity index (χ1n) is 7.20. The van der Waals surface area contributed by atoms with Crippen LogP contribution in [0.4, 0.5) is 0 Å². The third-order valence-corrected chi connectivity index (χ3v) is 4.37. The van der Waals surface area contributed by atoms with E-state index in [9.17, 15) is 8.42 Å². The third kappa shape index (κ3) is 5.65. The Morgan fingerprint density at radius 3 is 2.52 bits per heavy atom. The fourth-order valence-electron chi connectivity index (χ4n) is 2.00. The fourth-order valence-corrected chi connectivity index (χ4v) is 2.55. The highest BCUT2D eigenvalue weighted by Crippen LogP contribution is 2.31. The summed E-state index contributed by atoms with van der Waals surface area (Å²) in [7, 11) is 0.356. The van der Waals surface area contributed by atoms with E-state index in [1.54, 1.807) is 12.1 Å². The standard InChI is InChI=1S/C15H26N2O3S/c1-5-12(2)14-11-13(21(16,18)19)7-8-15(14)20-10-6-9-17(3)4/h7-8,11-12H,5-6,9-10H2,1-4H3,(H2,16,18,19). The lowest BCUT2D eigenvalue weighted by molar-refractivity contribution is 0.278.